The molecule has 4 heteroatoms. The van der Waals surface area contributed by atoms with Gasteiger partial charge in [-0.3, -0.25) is 0 Å². The van der Waals surface area contributed by atoms with Crippen LogP contribution in [0, 0.1) is 6.07 Å². The molecule has 0 aliphatic carbocycles. The van der Waals surface area contributed by atoms with E-state index in [4.69, 9.17) is 18.9 Å². The van der Waals surface area contributed by atoms with E-state index >= 15 is 0 Å². The molecule has 0 fully saturated rings. The lowest BCUT2D eigenvalue weighted by Gasteiger charge is -2.17. The average molecular weight is 301 g/mol. The van der Waals surface area contributed by atoms with Gasteiger partial charge in [-0.2, -0.15) is 0 Å². The monoisotopic (exact) mass is 301 g/mol. The van der Waals surface area contributed by atoms with Crippen molar-refractivity contribution in [3.63, 3.8) is 0 Å². The standard InChI is InChI=1S/C18H21O4/c1-5-21-17-9-7-8-14(18(17)22-6-2)15-12-13(19-3)10-11-16(15)20-4/h7,9-12H,5-6H2,1-4H3. The van der Waals surface area contributed by atoms with Crippen molar-refractivity contribution in [3.8, 4) is 34.1 Å². The molecule has 0 spiro atoms. The second-order valence-corrected chi connectivity index (χ2v) is 4.48. The molecule has 0 saturated heterocycles. The molecule has 0 bridgehead atoms. The van der Waals surface area contributed by atoms with E-state index in [0.29, 0.717) is 24.7 Å². The summed E-state index contributed by atoms with van der Waals surface area (Å²) in [6.45, 7) is 4.99. The topological polar surface area (TPSA) is 36.9 Å². The molecular formula is C18H21O4. The van der Waals surface area contributed by atoms with Gasteiger partial charge in [0.05, 0.1) is 27.4 Å². The summed E-state index contributed by atoms with van der Waals surface area (Å²) in [5.74, 6) is 2.83. The van der Waals surface area contributed by atoms with E-state index < -0.39 is 0 Å². The Morgan fingerprint density at radius 2 is 1.68 bits per heavy atom. The number of hydrogen-bond acceptors (Lipinski definition) is 4. The third-order valence-corrected chi connectivity index (χ3v) is 3.18. The predicted octanol–water partition coefficient (Wildman–Crippen LogP) is 3.97. The molecule has 0 N–H and O–H groups in total. The van der Waals surface area contributed by atoms with Crippen LogP contribution < -0.4 is 18.9 Å². The third-order valence-electron chi connectivity index (χ3n) is 3.18. The van der Waals surface area contributed by atoms with Crippen molar-refractivity contribution in [2.24, 2.45) is 0 Å². The Labute approximate surface area is 131 Å². The Morgan fingerprint density at radius 1 is 0.909 bits per heavy atom. The maximum absolute atomic E-state index is 5.80. The fourth-order valence-corrected chi connectivity index (χ4v) is 2.23. The highest BCUT2D eigenvalue weighted by atomic mass is 16.5. The van der Waals surface area contributed by atoms with Crippen molar-refractivity contribution in [3.05, 3.63) is 36.4 Å². The fourth-order valence-electron chi connectivity index (χ4n) is 2.23. The molecule has 1 radical (unpaired) electrons. The summed E-state index contributed by atoms with van der Waals surface area (Å²) in [7, 11) is 3.27. The number of methoxy groups -OCH3 is 2. The van der Waals surface area contributed by atoms with Crippen LogP contribution in [0.25, 0.3) is 11.1 Å². The lowest BCUT2D eigenvalue weighted by atomic mass is 10.0. The lowest BCUT2D eigenvalue weighted by Crippen LogP contribution is -2.01. The Balaban J connectivity index is 2.62. The van der Waals surface area contributed by atoms with Crippen LogP contribution in [-0.2, 0) is 0 Å². The smallest absolute Gasteiger partial charge is 0.169 e. The van der Waals surface area contributed by atoms with Crippen LogP contribution in [0.1, 0.15) is 13.8 Å². The van der Waals surface area contributed by atoms with Crippen LogP contribution in [0.5, 0.6) is 23.0 Å². The molecule has 0 aliphatic heterocycles. The molecule has 117 valence electrons. The highest BCUT2D eigenvalue weighted by Gasteiger charge is 2.17. The van der Waals surface area contributed by atoms with E-state index in [2.05, 4.69) is 6.07 Å². The van der Waals surface area contributed by atoms with Gasteiger partial charge in [-0.15, -0.1) is 0 Å². The molecule has 0 atom stereocenters. The highest BCUT2D eigenvalue weighted by molar-refractivity contribution is 5.79. The minimum Gasteiger partial charge on any atom is -0.497 e. The van der Waals surface area contributed by atoms with Crippen LogP contribution in [-0.4, -0.2) is 27.4 Å². The molecule has 0 unspecified atom stereocenters. The van der Waals surface area contributed by atoms with Crippen LogP contribution in [0.4, 0.5) is 0 Å². The van der Waals surface area contributed by atoms with Gasteiger partial charge in [0, 0.05) is 11.1 Å². The summed E-state index contributed by atoms with van der Waals surface area (Å²) in [6, 6.07) is 12.5. The van der Waals surface area contributed by atoms with Gasteiger partial charge in [-0.1, -0.05) is 0 Å². The lowest BCUT2D eigenvalue weighted by molar-refractivity contribution is 0.288. The first-order valence-corrected chi connectivity index (χ1v) is 7.27. The minimum atomic E-state index is 0.539. The Morgan fingerprint density at radius 3 is 2.32 bits per heavy atom. The van der Waals surface area contributed by atoms with E-state index in [1.54, 1.807) is 14.2 Å². The zero-order valence-corrected chi connectivity index (χ0v) is 13.4. The normalized spacial score (nSPS) is 10.2. The van der Waals surface area contributed by atoms with Gasteiger partial charge < -0.3 is 18.9 Å². The molecule has 0 aliphatic rings. The molecule has 2 aromatic rings. The van der Waals surface area contributed by atoms with Crippen LogP contribution in [0.2, 0.25) is 0 Å². The van der Waals surface area contributed by atoms with Crippen molar-refractivity contribution >= 4 is 0 Å². The Kier molecular flexibility index (Phi) is 5.53. The zero-order valence-electron chi connectivity index (χ0n) is 13.4. The van der Waals surface area contributed by atoms with Crippen molar-refractivity contribution in [1.29, 1.82) is 0 Å². The quantitative estimate of drug-likeness (QED) is 0.775. The summed E-state index contributed by atoms with van der Waals surface area (Å²) >= 11 is 0. The van der Waals surface area contributed by atoms with Crippen molar-refractivity contribution in [2.75, 3.05) is 27.4 Å². The predicted molar refractivity (Wildman–Crippen MR) is 86.2 cm³/mol. The van der Waals surface area contributed by atoms with Crippen molar-refractivity contribution in [1.82, 2.24) is 0 Å². The summed E-state index contributed by atoms with van der Waals surface area (Å²) < 4.78 is 22.2. The molecule has 0 heterocycles. The molecule has 2 rings (SSSR count). The summed E-state index contributed by atoms with van der Waals surface area (Å²) in [4.78, 5) is 0. The minimum absolute atomic E-state index is 0.539. The Hall–Kier alpha value is -2.36. The fraction of sp³-hybridized carbons (Fsp3) is 0.333. The van der Waals surface area contributed by atoms with E-state index in [-0.39, 0.29) is 0 Å². The van der Waals surface area contributed by atoms with Crippen LogP contribution >= 0.6 is 0 Å². The Bertz CT molecular complexity index is 622. The van der Waals surface area contributed by atoms with Gasteiger partial charge in [0.25, 0.3) is 0 Å². The number of rotatable bonds is 7. The highest BCUT2D eigenvalue weighted by Crippen LogP contribution is 2.42. The molecular weight excluding hydrogens is 280 g/mol. The van der Waals surface area contributed by atoms with Crippen molar-refractivity contribution < 1.29 is 18.9 Å². The third kappa shape index (κ3) is 3.27. The van der Waals surface area contributed by atoms with Gasteiger partial charge in [0.15, 0.2) is 11.5 Å². The van der Waals surface area contributed by atoms with Gasteiger partial charge >= 0.3 is 0 Å². The van der Waals surface area contributed by atoms with Gasteiger partial charge in [0.2, 0.25) is 0 Å². The van der Waals surface area contributed by atoms with E-state index in [1.165, 1.54) is 0 Å². The molecule has 0 aromatic heterocycles. The van der Waals surface area contributed by atoms with E-state index in [0.717, 1.165) is 22.6 Å². The maximum Gasteiger partial charge on any atom is 0.169 e. The van der Waals surface area contributed by atoms with E-state index in [1.807, 2.05) is 44.2 Å². The summed E-state index contributed by atoms with van der Waals surface area (Å²) in [5.41, 5.74) is 1.65. The second kappa shape index (κ2) is 7.59. The second-order valence-electron chi connectivity index (χ2n) is 4.48. The number of hydrogen-bond donors (Lipinski definition) is 0. The number of benzene rings is 2. The van der Waals surface area contributed by atoms with Gasteiger partial charge in [-0.25, -0.2) is 0 Å². The first-order valence-electron chi connectivity index (χ1n) is 7.27. The number of ether oxygens (including phenoxy) is 4. The molecule has 0 amide bonds. The molecule has 0 saturated carbocycles. The van der Waals surface area contributed by atoms with Crippen LogP contribution in [0.3, 0.4) is 0 Å². The van der Waals surface area contributed by atoms with Gasteiger partial charge in [-0.05, 0) is 50.2 Å². The van der Waals surface area contributed by atoms with Crippen LogP contribution in [0.15, 0.2) is 30.3 Å². The van der Waals surface area contributed by atoms with Gasteiger partial charge in [0.1, 0.15) is 11.5 Å². The summed E-state index contributed by atoms with van der Waals surface area (Å²) in [5, 5.41) is 0. The first-order chi connectivity index (χ1) is 10.7. The first kappa shape index (κ1) is 16.0. The average Bonchev–Trinajstić information content (AvgIpc) is 2.56. The molecule has 2 aromatic carbocycles. The maximum atomic E-state index is 5.80. The molecule has 22 heavy (non-hydrogen) atoms. The van der Waals surface area contributed by atoms with E-state index in [9.17, 15) is 0 Å². The zero-order chi connectivity index (χ0) is 15.9. The van der Waals surface area contributed by atoms with Crippen molar-refractivity contribution in [2.45, 2.75) is 13.8 Å². The SMILES string of the molecule is CCOc1cc[c]c(-c2cc(OC)ccc2OC)c1OCC. The molecule has 4 nitrogen and oxygen atoms in total. The largest absolute Gasteiger partial charge is 0.497 e. The summed E-state index contributed by atoms with van der Waals surface area (Å²) in [6.07, 6.45) is 0.